The SMILES string of the molecule is CCCc1cc(=O)[nH]c(Sc2ccccc2C(=O)CC)n1. The van der Waals surface area contributed by atoms with Crippen molar-refractivity contribution in [1.29, 1.82) is 0 Å². The molecule has 0 aliphatic rings. The molecule has 0 aliphatic heterocycles. The van der Waals surface area contributed by atoms with Crippen LogP contribution in [-0.2, 0) is 6.42 Å². The van der Waals surface area contributed by atoms with Gasteiger partial charge in [0.15, 0.2) is 10.9 Å². The highest BCUT2D eigenvalue weighted by molar-refractivity contribution is 7.99. The molecule has 0 saturated carbocycles. The number of aryl methyl sites for hydroxylation is 1. The van der Waals surface area contributed by atoms with Crippen molar-refractivity contribution in [2.45, 2.75) is 43.2 Å². The first-order chi connectivity index (χ1) is 10.1. The van der Waals surface area contributed by atoms with Crippen molar-refractivity contribution >= 4 is 17.5 Å². The first-order valence-corrected chi connectivity index (χ1v) is 7.86. The molecule has 21 heavy (non-hydrogen) atoms. The van der Waals surface area contributed by atoms with Crippen molar-refractivity contribution < 1.29 is 4.79 Å². The minimum Gasteiger partial charge on any atom is -0.301 e. The van der Waals surface area contributed by atoms with Crippen LogP contribution in [0.25, 0.3) is 0 Å². The largest absolute Gasteiger partial charge is 0.301 e. The molecule has 1 N–H and O–H groups in total. The highest BCUT2D eigenvalue weighted by Gasteiger charge is 2.11. The molecule has 1 heterocycles. The second-order valence-corrected chi connectivity index (χ2v) is 5.70. The van der Waals surface area contributed by atoms with Gasteiger partial charge in [0.1, 0.15) is 0 Å². The van der Waals surface area contributed by atoms with Gasteiger partial charge in [-0.05, 0) is 12.5 Å². The quantitative estimate of drug-likeness (QED) is 0.655. The average molecular weight is 302 g/mol. The third-order valence-corrected chi connectivity index (χ3v) is 3.96. The van der Waals surface area contributed by atoms with Gasteiger partial charge < -0.3 is 4.98 Å². The van der Waals surface area contributed by atoms with E-state index >= 15 is 0 Å². The molecule has 1 aromatic carbocycles. The van der Waals surface area contributed by atoms with Crippen molar-refractivity contribution in [2.24, 2.45) is 0 Å². The number of hydrogen-bond donors (Lipinski definition) is 1. The number of nitrogens with zero attached hydrogens (tertiary/aromatic N) is 1. The van der Waals surface area contributed by atoms with Gasteiger partial charge in [0.05, 0.1) is 0 Å². The zero-order valence-electron chi connectivity index (χ0n) is 12.2. The third-order valence-electron chi connectivity index (χ3n) is 2.99. The summed E-state index contributed by atoms with van der Waals surface area (Å²) in [6, 6.07) is 8.93. The maximum Gasteiger partial charge on any atom is 0.251 e. The van der Waals surface area contributed by atoms with Gasteiger partial charge in [0, 0.05) is 28.6 Å². The Balaban J connectivity index is 2.34. The molecule has 0 amide bonds. The molecule has 0 fully saturated rings. The van der Waals surface area contributed by atoms with E-state index in [1.165, 1.54) is 17.8 Å². The molecule has 110 valence electrons. The summed E-state index contributed by atoms with van der Waals surface area (Å²) in [7, 11) is 0. The van der Waals surface area contributed by atoms with Crippen molar-refractivity contribution in [3.63, 3.8) is 0 Å². The number of H-pyrrole nitrogens is 1. The second kappa shape index (κ2) is 7.22. The van der Waals surface area contributed by atoms with Crippen LogP contribution in [0.5, 0.6) is 0 Å². The third kappa shape index (κ3) is 4.04. The minimum atomic E-state index is -0.157. The number of nitrogens with one attached hydrogen (secondary N) is 1. The van der Waals surface area contributed by atoms with E-state index in [4.69, 9.17) is 0 Å². The molecule has 1 aromatic heterocycles. The van der Waals surface area contributed by atoms with Crippen LogP contribution in [0, 0.1) is 0 Å². The van der Waals surface area contributed by atoms with Crippen LogP contribution in [0.2, 0.25) is 0 Å². The summed E-state index contributed by atoms with van der Waals surface area (Å²) in [4.78, 5) is 31.6. The lowest BCUT2D eigenvalue weighted by atomic mass is 10.1. The summed E-state index contributed by atoms with van der Waals surface area (Å²) in [5, 5.41) is 0.530. The number of ketones is 1. The topological polar surface area (TPSA) is 62.8 Å². The standard InChI is InChI=1S/C16H18N2O2S/c1-3-7-11-10-15(20)18-16(17-11)21-14-9-6-5-8-12(14)13(19)4-2/h5-6,8-10H,3-4,7H2,1-2H3,(H,17,18,20). The zero-order chi connectivity index (χ0) is 15.2. The monoisotopic (exact) mass is 302 g/mol. The molecular weight excluding hydrogens is 284 g/mol. The van der Waals surface area contributed by atoms with Crippen molar-refractivity contribution in [2.75, 3.05) is 0 Å². The van der Waals surface area contributed by atoms with E-state index in [1.807, 2.05) is 38.1 Å². The van der Waals surface area contributed by atoms with E-state index in [2.05, 4.69) is 9.97 Å². The Hall–Kier alpha value is -1.88. The van der Waals surface area contributed by atoms with Crippen LogP contribution >= 0.6 is 11.8 Å². The molecule has 0 saturated heterocycles. The Kier molecular flexibility index (Phi) is 5.33. The molecule has 0 spiro atoms. The van der Waals surface area contributed by atoms with E-state index < -0.39 is 0 Å². The summed E-state index contributed by atoms with van der Waals surface area (Å²) in [5.41, 5.74) is 1.30. The van der Waals surface area contributed by atoms with E-state index in [0.717, 1.165) is 23.4 Å². The Morgan fingerprint density at radius 2 is 2.05 bits per heavy atom. The van der Waals surface area contributed by atoms with Crippen LogP contribution < -0.4 is 5.56 Å². The molecular formula is C16H18N2O2S. The van der Waals surface area contributed by atoms with Gasteiger partial charge in [-0.15, -0.1) is 0 Å². The molecule has 0 unspecified atom stereocenters. The molecule has 5 heteroatoms. The van der Waals surface area contributed by atoms with Gasteiger partial charge in [-0.25, -0.2) is 4.98 Å². The van der Waals surface area contributed by atoms with Crippen molar-refractivity contribution in [3.05, 3.63) is 51.9 Å². The zero-order valence-corrected chi connectivity index (χ0v) is 13.0. The maximum absolute atomic E-state index is 12.0. The fraction of sp³-hybridized carbons (Fsp3) is 0.312. The van der Waals surface area contributed by atoms with E-state index in [9.17, 15) is 9.59 Å². The number of aromatic amines is 1. The number of hydrogen-bond acceptors (Lipinski definition) is 4. The fourth-order valence-electron chi connectivity index (χ4n) is 2.00. The smallest absolute Gasteiger partial charge is 0.251 e. The first-order valence-electron chi connectivity index (χ1n) is 7.04. The molecule has 0 atom stereocenters. The van der Waals surface area contributed by atoms with Gasteiger partial charge >= 0.3 is 0 Å². The van der Waals surface area contributed by atoms with Crippen LogP contribution in [0.4, 0.5) is 0 Å². The van der Waals surface area contributed by atoms with Gasteiger partial charge in [-0.2, -0.15) is 0 Å². The van der Waals surface area contributed by atoms with Crippen molar-refractivity contribution in [3.8, 4) is 0 Å². The number of aromatic nitrogens is 2. The molecule has 0 radical (unpaired) electrons. The lowest BCUT2D eigenvalue weighted by Gasteiger charge is -2.07. The molecule has 4 nitrogen and oxygen atoms in total. The summed E-state index contributed by atoms with van der Waals surface area (Å²) >= 11 is 1.32. The number of rotatable bonds is 6. The van der Waals surface area contributed by atoms with Gasteiger partial charge in [-0.1, -0.05) is 50.2 Å². The van der Waals surface area contributed by atoms with Crippen LogP contribution in [0.15, 0.2) is 45.2 Å². The number of benzene rings is 1. The highest BCUT2D eigenvalue weighted by Crippen LogP contribution is 2.28. The predicted octanol–water partition coefficient (Wildman–Crippen LogP) is 3.47. The summed E-state index contributed by atoms with van der Waals surface area (Å²) < 4.78 is 0. The lowest BCUT2D eigenvalue weighted by molar-refractivity contribution is 0.0985. The summed E-state index contributed by atoms with van der Waals surface area (Å²) in [5.74, 6) is 0.0881. The second-order valence-electron chi connectivity index (χ2n) is 4.67. The average Bonchev–Trinajstić information content (AvgIpc) is 2.47. The Bertz CT molecular complexity index is 695. The molecule has 2 rings (SSSR count). The van der Waals surface area contributed by atoms with Crippen LogP contribution in [0.3, 0.4) is 0 Å². The van der Waals surface area contributed by atoms with Crippen LogP contribution in [-0.4, -0.2) is 15.8 Å². The summed E-state index contributed by atoms with van der Waals surface area (Å²) in [6.07, 6.45) is 2.16. The number of carbonyl (C=O) groups excluding carboxylic acids is 1. The molecule has 0 bridgehead atoms. The predicted molar refractivity (Wildman–Crippen MR) is 84.0 cm³/mol. The van der Waals surface area contributed by atoms with Gasteiger partial charge in [0.2, 0.25) is 0 Å². The Morgan fingerprint density at radius 1 is 1.29 bits per heavy atom. The first kappa shape index (κ1) is 15.5. The number of carbonyl (C=O) groups is 1. The highest BCUT2D eigenvalue weighted by atomic mass is 32.2. The lowest BCUT2D eigenvalue weighted by Crippen LogP contribution is -2.10. The Morgan fingerprint density at radius 3 is 2.76 bits per heavy atom. The van der Waals surface area contributed by atoms with Gasteiger partial charge in [0.25, 0.3) is 5.56 Å². The minimum absolute atomic E-state index is 0.0881. The maximum atomic E-state index is 12.0. The number of Topliss-reactive ketones (excluding diaryl/α,β-unsaturated/α-hetero) is 1. The fourth-order valence-corrected chi connectivity index (χ4v) is 2.96. The molecule has 0 aliphatic carbocycles. The van der Waals surface area contributed by atoms with Gasteiger partial charge in [-0.3, -0.25) is 9.59 Å². The van der Waals surface area contributed by atoms with E-state index in [-0.39, 0.29) is 11.3 Å². The van der Waals surface area contributed by atoms with E-state index in [0.29, 0.717) is 17.1 Å². The van der Waals surface area contributed by atoms with Crippen LogP contribution in [0.1, 0.15) is 42.7 Å². The van der Waals surface area contributed by atoms with E-state index in [1.54, 1.807) is 0 Å². The summed E-state index contributed by atoms with van der Waals surface area (Å²) in [6.45, 7) is 3.89. The Labute approximate surface area is 128 Å². The normalized spacial score (nSPS) is 10.6. The van der Waals surface area contributed by atoms with Crippen molar-refractivity contribution in [1.82, 2.24) is 9.97 Å². The molecule has 2 aromatic rings.